The van der Waals surface area contributed by atoms with Crippen molar-refractivity contribution >= 4 is 17.5 Å². The van der Waals surface area contributed by atoms with E-state index in [9.17, 15) is 4.79 Å². The second-order valence-corrected chi connectivity index (χ2v) is 5.80. The minimum atomic E-state index is -0.867. The Hall–Kier alpha value is -1.46. The molecule has 0 heterocycles. The van der Waals surface area contributed by atoms with E-state index in [1.54, 1.807) is 26.2 Å². The molecule has 0 saturated heterocycles. The van der Waals surface area contributed by atoms with E-state index in [0.29, 0.717) is 36.1 Å². The molecule has 0 bridgehead atoms. The molecule has 3 N–H and O–H groups in total. The minimum Gasteiger partial charge on any atom is -0.493 e. The highest BCUT2D eigenvalue weighted by molar-refractivity contribution is 6.32. The number of carbonyl (C=O) groups is 1. The normalized spacial score (nSPS) is 13.4. The summed E-state index contributed by atoms with van der Waals surface area (Å²) in [6, 6.07) is 3.55. The number of amides is 1. The van der Waals surface area contributed by atoms with E-state index in [2.05, 4.69) is 5.32 Å². The first-order valence-electron chi connectivity index (χ1n) is 7.42. The largest absolute Gasteiger partial charge is 0.493 e. The third kappa shape index (κ3) is 4.78. The van der Waals surface area contributed by atoms with Crippen molar-refractivity contribution in [1.82, 2.24) is 5.32 Å². The van der Waals surface area contributed by atoms with E-state index in [1.165, 1.54) is 0 Å². The van der Waals surface area contributed by atoms with Gasteiger partial charge in [-0.25, -0.2) is 0 Å². The highest BCUT2D eigenvalue weighted by Gasteiger charge is 2.26. The van der Waals surface area contributed by atoms with E-state index in [-0.39, 0.29) is 5.91 Å². The molecule has 5 nitrogen and oxygen atoms in total. The standard InChI is InChI=1S/C16H25ClN2O3/c1-5-7-16(3,18)15(20)19-10-11-8-12(17)14(22-6-2)13(9-11)21-4/h8-9H,5-7,10,18H2,1-4H3,(H,19,20). The van der Waals surface area contributed by atoms with E-state index in [4.69, 9.17) is 26.8 Å². The predicted molar refractivity (Wildman–Crippen MR) is 88.5 cm³/mol. The molecule has 0 aliphatic heterocycles. The van der Waals surface area contributed by atoms with Gasteiger partial charge in [0.1, 0.15) is 0 Å². The summed E-state index contributed by atoms with van der Waals surface area (Å²) in [5.41, 5.74) is 5.96. The summed E-state index contributed by atoms with van der Waals surface area (Å²) < 4.78 is 10.7. The first-order valence-corrected chi connectivity index (χ1v) is 7.79. The predicted octanol–water partition coefficient (Wildman–Crippen LogP) is 2.88. The maximum absolute atomic E-state index is 12.1. The molecule has 0 radical (unpaired) electrons. The number of nitrogens with two attached hydrogens (primary N) is 1. The lowest BCUT2D eigenvalue weighted by molar-refractivity contribution is -0.126. The van der Waals surface area contributed by atoms with Gasteiger partial charge in [-0.1, -0.05) is 24.9 Å². The molecule has 1 aromatic carbocycles. The van der Waals surface area contributed by atoms with Crippen molar-refractivity contribution in [2.24, 2.45) is 5.73 Å². The molecule has 0 fully saturated rings. The van der Waals surface area contributed by atoms with Crippen LogP contribution in [0.15, 0.2) is 12.1 Å². The summed E-state index contributed by atoms with van der Waals surface area (Å²) in [5.74, 6) is 0.873. The van der Waals surface area contributed by atoms with Gasteiger partial charge in [0.2, 0.25) is 5.91 Å². The van der Waals surface area contributed by atoms with Crippen LogP contribution in [0.2, 0.25) is 5.02 Å². The van der Waals surface area contributed by atoms with Crippen molar-refractivity contribution in [2.75, 3.05) is 13.7 Å². The lowest BCUT2D eigenvalue weighted by Crippen LogP contribution is -2.51. The van der Waals surface area contributed by atoms with Crippen LogP contribution in [0, 0.1) is 0 Å². The Balaban J connectivity index is 2.83. The zero-order valence-electron chi connectivity index (χ0n) is 13.7. The van der Waals surface area contributed by atoms with E-state index < -0.39 is 5.54 Å². The Kier molecular flexibility index (Phi) is 6.97. The summed E-state index contributed by atoms with van der Waals surface area (Å²) in [6.45, 7) is 6.43. The first-order chi connectivity index (χ1) is 10.4. The van der Waals surface area contributed by atoms with Crippen LogP contribution in [0.5, 0.6) is 11.5 Å². The van der Waals surface area contributed by atoms with Gasteiger partial charge in [-0.15, -0.1) is 0 Å². The number of methoxy groups -OCH3 is 1. The monoisotopic (exact) mass is 328 g/mol. The number of halogens is 1. The van der Waals surface area contributed by atoms with Crippen LogP contribution >= 0.6 is 11.6 Å². The Morgan fingerprint density at radius 2 is 2.09 bits per heavy atom. The highest BCUT2D eigenvalue weighted by atomic mass is 35.5. The topological polar surface area (TPSA) is 73.6 Å². The molecular weight excluding hydrogens is 304 g/mol. The van der Waals surface area contributed by atoms with E-state index >= 15 is 0 Å². The second kappa shape index (κ2) is 8.25. The number of ether oxygens (including phenoxy) is 2. The number of hydrogen-bond acceptors (Lipinski definition) is 4. The van der Waals surface area contributed by atoms with Crippen LogP contribution < -0.4 is 20.5 Å². The molecular formula is C16H25ClN2O3. The second-order valence-electron chi connectivity index (χ2n) is 5.39. The fourth-order valence-electron chi connectivity index (χ4n) is 2.18. The quantitative estimate of drug-likeness (QED) is 0.769. The maximum atomic E-state index is 12.1. The minimum absolute atomic E-state index is 0.182. The van der Waals surface area contributed by atoms with Gasteiger partial charge in [-0.3, -0.25) is 4.79 Å². The summed E-state index contributed by atoms with van der Waals surface area (Å²) in [5, 5.41) is 3.29. The van der Waals surface area contributed by atoms with E-state index in [1.807, 2.05) is 13.8 Å². The lowest BCUT2D eigenvalue weighted by Gasteiger charge is -2.23. The van der Waals surface area contributed by atoms with Crippen LogP contribution in [-0.4, -0.2) is 25.2 Å². The zero-order chi connectivity index (χ0) is 16.8. The molecule has 0 aromatic heterocycles. The molecule has 1 unspecified atom stereocenters. The molecule has 1 amide bonds. The van der Waals surface area contributed by atoms with Gasteiger partial charge in [-0.2, -0.15) is 0 Å². The summed E-state index contributed by atoms with van der Waals surface area (Å²) >= 11 is 6.20. The molecule has 6 heteroatoms. The maximum Gasteiger partial charge on any atom is 0.240 e. The third-order valence-corrected chi connectivity index (χ3v) is 3.60. The molecule has 124 valence electrons. The SMILES string of the molecule is CCCC(C)(N)C(=O)NCc1cc(Cl)c(OCC)c(OC)c1. The van der Waals surface area contributed by atoms with E-state index in [0.717, 1.165) is 12.0 Å². The number of carbonyl (C=O) groups excluding carboxylic acids is 1. The van der Waals surface area contributed by atoms with Crippen molar-refractivity contribution in [3.63, 3.8) is 0 Å². The molecule has 1 atom stereocenters. The number of nitrogens with one attached hydrogen (secondary N) is 1. The van der Waals surface area contributed by atoms with Crippen molar-refractivity contribution in [3.8, 4) is 11.5 Å². The Morgan fingerprint density at radius 3 is 2.64 bits per heavy atom. The van der Waals surface area contributed by atoms with Crippen LogP contribution in [0.4, 0.5) is 0 Å². The number of rotatable bonds is 8. The average Bonchev–Trinajstić information content (AvgIpc) is 2.46. The summed E-state index contributed by atoms with van der Waals surface area (Å²) in [7, 11) is 1.55. The first kappa shape index (κ1) is 18.6. The highest BCUT2D eigenvalue weighted by Crippen LogP contribution is 2.36. The molecule has 0 saturated carbocycles. The van der Waals surface area contributed by atoms with Gasteiger partial charge < -0.3 is 20.5 Å². The molecule has 0 aliphatic carbocycles. The summed E-state index contributed by atoms with van der Waals surface area (Å²) in [6.07, 6.45) is 1.48. The Bertz CT molecular complexity index is 518. The van der Waals surface area contributed by atoms with Gasteiger partial charge in [0.05, 0.1) is 24.3 Å². The molecule has 1 aromatic rings. The van der Waals surface area contributed by atoms with Crippen LogP contribution in [0.3, 0.4) is 0 Å². The molecule has 0 spiro atoms. The van der Waals surface area contributed by atoms with Gasteiger partial charge in [0, 0.05) is 6.54 Å². The van der Waals surface area contributed by atoms with Gasteiger partial charge in [0.15, 0.2) is 11.5 Å². The van der Waals surface area contributed by atoms with Crippen LogP contribution in [0.25, 0.3) is 0 Å². The van der Waals surface area contributed by atoms with Gasteiger partial charge >= 0.3 is 0 Å². The fourth-order valence-corrected chi connectivity index (χ4v) is 2.46. The average molecular weight is 329 g/mol. The molecule has 22 heavy (non-hydrogen) atoms. The van der Waals surface area contributed by atoms with Crippen molar-refractivity contribution in [1.29, 1.82) is 0 Å². The fraction of sp³-hybridized carbons (Fsp3) is 0.562. The van der Waals surface area contributed by atoms with Crippen molar-refractivity contribution in [3.05, 3.63) is 22.7 Å². The summed E-state index contributed by atoms with van der Waals surface area (Å²) in [4.78, 5) is 12.1. The Morgan fingerprint density at radius 1 is 1.41 bits per heavy atom. The number of hydrogen-bond donors (Lipinski definition) is 2. The number of benzene rings is 1. The van der Waals surface area contributed by atoms with Crippen LogP contribution in [0.1, 0.15) is 39.2 Å². The molecule has 0 aliphatic rings. The smallest absolute Gasteiger partial charge is 0.240 e. The van der Waals surface area contributed by atoms with Crippen LogP contribution in [-0.2, 0) is 11.3 Å². The van der Waals surface area contributed by atoms with Gasteiger partial charge in [-0.05, 0) is 38.0 Å². The Labute approximate surface area is 137 Å². The van der Waals surface area contributed by atoms with Crippen molar-refractivity contribution in [2.45, 2.75) is 45.7 Å². The lowest BCUT2D eigenvalue weighted by atomic mass is 9.96. The third-order valence-electron chi connectivity index (χ3n) is 3.32. The van der Waals surface area contributed by atoms with Gasteiger partial charge in [0.25, 0.3) is 0 Å². The zero-order valence-corrected chi connectivity index (χ0v) is 14.4. The molecule has 1 rings (SSSR count). The van der Waals surface area contributed by atoms with Crippen molar-refractivity contribution < 1.29 is 14.3 Å².